The number of ether oxygens (including phenoxy) is 3. The number of aromatic nitrogens is 1. The number of nitrogens with zero attached hydrogens (tertiary/aromatic N) is 2. The Labute approximate surface area is 219 Å². The van der Waals surface area contributed by atoms with Crippen LogP contribution in [0.5, 0.6) is 17.2 Å². The van der Waals surface area contributed by atoms with E-state index in [0.29, 0.717) is 37.8 Å². The number of hydrogen-bond donors (Lipinski definition) is 0. The molecule has 198 valence electrons. The third kappa shape index (κ3) is 7.32. The number of oxazole rings is 1. The van der Waals surface area contributed by atoms with Gasteiger partial charge in [-0.15, -0.1) is 0 Å². The van der Waals surface area contributed by atoms with Crippen LogP contribution in [0.2, 0.25) is 0 Å². The smallest absolute Gasteiger partial charge is 0.415 e. The first-order valence-corrected chi connectivity index (χ1v) is 12.2. The van der Waals surface area contributed by atoms with Crippen LogP contribution >= 0.6 is 0 Å². The number of amides is 1. The molecule has 0 fully saturated rings. The summed E-state index contributed by atoms with van der Waals surface area (Å²) in [6, 6.07) is 22.6. The fraction of sp³-hybridized carbons (Fsp3) is 0.241. The van der Waals surface area contributed by atoms with Crippen molar-refractivity contribution in [2.24, 2.45) is 0 Å². The summed E-state index contributed by atoms with van der Waals surface area (Å²) in [5, 5.41) is 0. The van der Waals surface area contributed by atoms with Crippen molar-refractivity contribution >= 4 is 6.09 Å². The van der Waals surface area contributed by atoms with Gasteiger partial charge in [-0.2, -0.15) is 8.78 Å². The molecule has 7 nitrogen and oxygen atoms in total. The van der Waals surface area contributed by atoms with E-state index in [0.717, 1.165) is 22.6 Å². The number of aryl methyl sites for hydroxylation is 1. The van der Waals surface area contributed by atoms with E-state index in [1.165, 1.54) is 29.2 Å². The molecule has 0 aliphatic carbocycles. The second-order valence-electron chi connectivity index (χ2n) is 8.36. The molecule has 0 saturated carbocycles. The second-order valence-corrected chi connectivity index (χ2v) is 8.36. The van der Waals surface area contributed by atoms with Gasteiger partial charge in [0, 0.05) is 25.1 Å². The Morgan fingerprint density at radius 1 is 0.947 bits per heavy atom. The molecule has 0 bridgehead atoms. The molecule has 1 amide bonds. The second kappa shape index (κ2) is 12.7. The van der Waals surface area contributed by atoms with Gasteiger partial charge in [0.05, 0.1) is 12.3 Å². The summed E-state index contributed by atoms with van der Waals surface area (Å²) >= 11 is 0. The summed E-state index contributed by atoms with van der Waals surface area (Å²) in [7, 11) is 0. The first-order valence-electron chi connectivity index (χ1n) is 12.2. The maximum Gasteiger partial charge on any atom is 0.415 e. The molecule has 38 heavy (non-hydrogen) atoms. The van der Waals surface area contributed by atoms with E-state index >= 15 is 0 Å². The minimum atomic E-state index is -2.92. The van der Waals surface area contributed by atoms with Gasteiger partial charge in [-0.05, 0) is 67.9 Å². The Kier molecular flexibility index (Phi) is 8.92. The minimum Gasteiger partial charge on any atom is -0.493 e. The van der Waals surface area contributed by atoms with E-state index in [2.05, 4.69) is 9.72 Å². The lowest BCUT2D eigenvalue weighted by atomic mass is 10.2. The van der Waals surface area contributed by atoms with Crippen molar-refractivity contribution in [1.82, 2.24) is 9.88 Å². The highest BCUT2D eigenvalue weighted by atomic mass is 19.3. The minimum absolute atomic E-state index is 0.0115. The molecule has 3 aromatic carbocycles. The Bertz CT molecular complexity index is 1310. The molecule has 9 heteroatoms. The van der Waals surface area contributed by atoms with Gasteiger partial charge in [-0.1, -0.05) is 30.3 Å². The normalized spacial score (nSPS) is 10.9. The van der Waals surface area contributed by atoms with Crippen molar-refractivity contribution in [3.05, 3.63) is 95.9 Å². The van der Waals surface area contributed by atoms with Gasteiger partial charge in [-0.3, -0.25) is 0 Å². The van der Waals surface area contributed by atoms with E-state index in [4.69, 9.17) is 13.9 Å². The van der Waals surface area contributed by atoms with Crippen molar-refractivity contribution in [2.45, 2.75) is 33.4 Å². The molecule has 4 rings (SSSR count). The zero-order valence-corrected chi connectivity index (χ0v) is 21.1. The highest BCUT2D eigenvalue weighted by Gasteiger charge is 2.16. The molecule has 0 aliphatic heterocycles. The standard InChI is InChI=1S/C29H28F2N2O5/c1-3-33(29(34)38-25-15-13-24(14-16-25)37-28(30)31)19-21-9-11-23(12-10-21)35-18-17-26-20(2)36-27(32-26)22-7-5-4-6-8-22/h4-16,28H,3,17-19H2,1-2H3. The van der Waals surface area contributed by atoms with Gasteiger partial charge < -0.3 is 23.5 Å². The Balaban J connectivity index is 1.26. The molecule has 0 saturated heterocycles. The highest BCUT2D eigenvalue weighted by molar-refractivity contribution is 5.70. The summed E-state index contributed by atoms with van der Waals surface area (Å²) in [5.74, 6) is 2.29. The van der Waals surface area contributed by atoms with Gasteiger partial charge >= 0.3 is 12.7 Å². The number of hydrogen-bond acceptors (Lipinski definition) is 6. The lowest BCUT2D eigenvalue weighted by Gasteiger charge is -2.20. The molecule has 0 atom stereocenters. The molecule has 0 unspecified atom stereocenters. The maximum atomic E-state index is 12.6. The van der Waals surface area contributed by atoms with Crippen LogP contribution in [0.15, 0.2) is 83.3 Å². The van der Waals surface area contributed by atoms with Crippen molar-refractivity contribution in [2.75, 3.05) is 13.2 Å². The van der Waals surface area contributed by atoms with Crippen LogP contribution in [0.1, 0.15) is 23.9 Å². The Hall–Kier alpha value is -4.40. The number of rotatable bonds is 11. The third-order valence-corrected chi connectivity index (χ3v) is 5.71. The maximum absolute atomic E-state index is 12.6. The molecule has 0 spiro atoms. The highest BCUT2D eigenvalue weighted by Crippen LogP contribution is 2.23. The molecule has 1 aromatic heterocycles. The van der Waals surface area contributed by atoms with Crippen molar-refractivity contribution < 1.29 is 32.2 Å². The fourth-order valence-corrected chi connectivity index (χ4v) is 3.70. The van der Waals surface area contributed by atoms with Crippen molar-refractivity contribution in [1.29, 1.82) is 0 Å². The van der Waals surface area contributed by atoms with E-state index in [1.807, 2.05) is 68.4 Å². The van der Waals surface area contributed by atoms with E-state index < -0.39 is 12.7 Å². The lowest BCUT2D eigenvalue weighted by Crippen LogP contribution is -2.32. The molecular formula is C29H28F2N2O5. The van der Waals surface area contributed by atoms with Crippen LogP contribution in [0.25, 0.3) is 11.5 Å². The number of carbonyl (C=O) groups is 1. The quantitative estimate of drug-likeness (QED) is 0.213. The molecular weight excluding hydrogens is 494 g/mol. The largest absolute Gasteiger partial charge is 0.493 e. The van der Waals surface area contributed by atoms with Crippen LogP contribution in [0, 0.1) is 6.92 Å². The van der Waals surface area contributed by atoms with Crippen LogP contribution in [0.4, 0.5) is 13.6 Å². The molecule has 0 N–H and O–H groups in total. The van der Waals surface area contributed by atoms with E-state index in [1.54, 1.807) is 0 Å². The Morgan fingerprint density at radius 2 is 1.61 bits per heavy atom. The number of benzene rings is 3. The lowest BCUT2D eigenvalue weighted by molar-refractivity contribution is -0.0498. The first-order chi connectivity index (χ1) is 18.4. The van der Waals surface area contributed by atoms with Crippen LogP contribution < -0.4 is 14.2 Å². The average molecular weight is 523 g/mol. The van der Waals surface area contributed by atoms with Crippen LogP contribution in [0.3, 0.4) is 0 Å². The van der Waals surface area contributed by atoms with Gasteiger partial charge in [0.2, 0.25) is 5.89 Å². The average Bonchev–Trinajstić information content (AvgIpc) is 3.29. The van der Waals surface area contributed by atoms with Gasteiger partial charge in [0.25, 0.3) is 0 Å². The SMILES string of the molecule is CCN(Cc1ccc(OCCc2nc(-c3ccccc3)oc2C)cc1)C(=O)Oc1ccc(OC(F)F)cc1. The van der Waals surface area contributed by atoms with Crippen LogP contribution in [-0.4, -0.2) is 35.7 Å². The summed E-state index contributed by atoms with van der Waals surface area (Å²) < 4.78 is 45.9. The number of alkyl halides is 2. The molecule has 0 radical (unpaired) electrons. The monoisotopic (exact) mass is 522 g/mol. The van der Waals surface area contributed by atoms with Gasteiger partial charge in [-0.25, -0.2) is 9.78 Å². The summed E-state index contributed by atoms with van der Waals surface area (Å²) in [4.78, 5) is 18.7. The van der Waals surface area contributed by atoms with Gasteiger partial charge in [0.1, 0.15) is 23.0 Å². The molecule has 4 aromatic rings. The third-order valence-electron chi connectivity index (χ3n) is 5.71. The summed E-state index contributed by atoms with van der Waals surface area (Å²) in [6.45, 7) is 2.02. The topological polar surface area (TPSA) is 74.0 Å². The fourth-order valence-electron chi connectivity index (χ4n) is 3.70. The molecule has 1 heterocycles. The Morgan fingerprint density at radius 3 is 2.26 bits per heavy atom. The zero-order chi connectivity index (χ0) is 26.9. The first kappa shape index (κ1) is 26.7. The summed E-state index contributed by atoms with van der Waals surface area (Å²) in [6.07, 6.45) is 0.0578. The van der Waals surface area contributed by atoms with E-state index in [-0.39, 0.29) is 11.5 Å². The number of carbonyl (C=O) groups excluding carboxylic acids is 1. The van der Waals surface area contributed by atoms with Crippen molar-refractivity contribution in [3.63, 3.8) is 0 Å². The summed E-state index contributed by atoms with van der Waals surface area (Å²) in [5.41, 5.74) is 2.69. The number of halogens is 2. The van der Waals surface area contributed by atoms with E-state index in [9.17, 15) is 13.6 Å². The predicted molar refractivity (Wildman–Crippen MR) is 137 cm³/mol. The van der Waals surface area contributed by atoms with Crippen molar-refractivity contribution in [3.8, 4) is 28.7 Å². The van der Waals surface area contributed by atoms with Crippen LogP contribution in [-0.2, 0) is 13.0 Å². The van der Waals surface area contributed by atoms with Gasteiger partial charge in [0.15, 0.2) is 0 Å². The molecule has 0 aliphatic rings. The predicted octanol–water partition coefficient (Wildman–Crippen LogP) is 6.89. The zero-order valence-electron chi connectivity index (χ0n) is 21.1.